The van der Waals surface area contributed by atoms with Crippen molar-refractivity contribution >= 4 is 27.5 Å². The average molecular weight is 582 g/mol. The highest BCUT2D eigenvalue weighted by atomic mass is 32.2. The van der Waals surface area contributed by atoms with Gasteiger partial charge in [0.25, 0.3) is 10.0 Å². The minimum Gasteiger partial charge on any atom is -0.497 e. The Balaban J connectivity index is 2.02. The summed E-state index contributed by atoms with van der Waals surface area (Å²) in [5, 5.41) is 2.93. The number of rotatable bonds is 15. The Morgan fingerprint density at radius 3 is 1.98 bits per heavy atom. The molecule has 1 N–H and O–H groups in total. The number of hydrogen-bond acceptors (Lipinski definition) is 6. The highest BCUT2D eigenvalue weighted by Gasteiger charge is 2.33. The van der Waals surface area contributed by atoms with E-state index in [-0.39, 0.29) is 17.3 Å². The Labute approximate surface area is 243 Å². The van der Waals surface area contributed by atoms with E-state index in [0.717, 1.165) is 22.7 Å². The van der Waals surface area contributed by atoms with Gasteiger partial charge < -0.3 is 19.7 Å². The van der Waals surface area contributed by atoms with E-state index < -0.39 is 28.5 Å². The molecule has 3 rings (SSSR count). The first-order valence-corrected chi connectivity index (χ1v) is 15.1. The van der Waals surface area contributed by atoms with E-state index in [1.807, 2.05) is 26.0 Å². The SMILES string of the molecule is CCCCNC(=O)[C@@H](CC)N(Cc1ccc(OC)cc1)C(=O)CN(c1ccc(OC)cc1)S(=O)(=O)c1ccccc1. The molecule has 0 saturated heterocycles. The third kappa shape index (κ3) is 8.23. The maximum Gasteiger partial charge on any atom is 0.264 e. The lowest BCUT2D eigenvalue weighted by Crippen LogP contribution is -2.52. The minimum absolute atomic E-state index is 0.0506. The van der Waals surface area contributed by atoms with Crippen molar-refractivity contribution in [2.45, 2.75) is 50.6 Å². The second-order valence-electron chi connectivity index (χ2n) is 9.46. The largest absolute Gasteiger partial charge is 0.497 e. The molecule has 3 aromatic carbocycles. The van der Waals surface area contributed by atoms with E-state index in [1.54, 1.807) is 61.7 Å². The molecule has 220 valence electrons. The number of sulfonamides is 1. The number of nitrogens with one attached hydrogen (secondary N) is 1. The number of methoxy groups -OCH3 is 2. The van der Waals surface area contributed by atoms with Gasteiger partial charge in [0.1, 0.15) is 24.1 Å². The lowest BCUT2D eigenvalue weighted by Gasteiger charge is -2.33. The molecular formula is C31H39N3O6S. The van der Waals surface area contributed by atoms with Crippen molar-refractivity contribution in [3.05, 3.63) is 84.4 Å². The zero-order valence-electron chi connectivity index (χ0n) is 24.1. The summed E-state index contributed by atoms with van der Waals surface area (Å²) >= 11 is 0. The highest BCUT2D eigenvalue weighted by Crippen LogP contribution is 2.27. The summed E-state index contributed by atoms with van der Waals surface area (Å²) in [7, 11) is -1.04. The zero-order chi connectivity index (χ0) is 29.8. The molecule has 0 heterocycles. The standard InChI is InChI=1S/C31H39N3O6S/c1-5-7-21-32-31(36)29(6-2)33(22-24-13-17-26(39-3)18-14-24)30(35)23-34(25-15-19-27(40-4)20-16-25)41(37,38)28-11-9-8-10-12-28/h8-20,29H,5-7,21-23H2,1-4H3,(H,32,36)/t29-/m1/s1. The highest BCUT2D eigenvalue weighted by molar-refractivity contribution is 7.92. The Hall–Kier alpha value is -4.05. The maximum absolute atomic E-state index is 14.1. The fourth-order valence-corrected chi connectivity index (χ4v) is 5.79. The molecule has 10 heteroatoms. The van der Waals surface area contributed by atoms with Crippen molar-refractivity contribution in [3.8, 4) is 11.5 Å². The Morgan fingerprint density at radius 2 is 1.44 bits per heavy atom. The first kappa shape index (κ1) is 31.5. The molecule has 1 atom stereocenters. The number of carbonyl (C=O) groups is 2. The van der Waals surface area contributed by atoms with Crippen LogP contribution in [0.25, 0.3) is 0 Å². The van der Waals surface area contributed by atoms with Crippen molar-refractivity contribution in [1.29, 1.82) is 0 Å². The smallest absolute Gasteiger partial charge is 0.264 e. The van der Waals surface area contributed by atoms with Gasteiger partial charge in [0.15, 0.2) is 0 Å². The number of nitrogens with zero attached hydrogens (tertiary/aromatic N) is 2. The molecule has 0 aliphatic carbocycles. The van der Waals surface area contributed by atoms with Gasteiger partial charge in [-0.15, -0.1) is 0 Å². The quantitative estimate of drug-likeness (QED) is 0.263. The number of unbranched alkanes of at least 4 members (excludes halogenated alkanes) is 1. The number of amides is 2. The van der Waals surface area contributed by atoms with E-state index in [4.69, 9.17) is 9.47 Å². The molecule has 0 aromatic heterocycles. The first-order chi connectivity index (χ1) is 19.7. The van der Waals surface area contributed by atoms with Crippen LogP contribution >= 0.6 is 0 Å². The lowest BCUT2D eigenvalue weighted by molar-refractivity contribution is -0.140. The number of ether oxygens (including phenoxy) is 2. The topological polar surface area (TPSA) is 105 Å². The third-order valence-corrected chi connectivity index (χ3v) is 8.49. The van der Waals surface area contributed by atoms with Gasteiger partial charge in [0.2, 0.25) is 11.8 Å². The molecule has 0 fully saturated rings. The van der Waals surface area contributed by atoms with Crippen LogP contribution in [0, 0.1) is 0 Å². The van der Waals surface area contributed by atoms with Crippen LogP contribution in [0.5, 0.6) is 11.5 Å². The predicted octanol–water partition coefficient (Wildman–Crippen LogP) is 4.62. The summed E-state index contributed by atoms with van der Waals surface area (Å²) in [6.45, 7) is 3.98. The molecule has 0 aliphatic rings. The maximum atomic E-state index is 14.1. The van der Waals surface area contributed by atoms with Crippen molar-refractivity contribution in [3.63, 3.8) is 0 Å². The predicted molar refractivity (Wildman–Crippen MR) is 160 cm³/mol. The van der Waals surface area contributed by atoms with Crippen LogP contribution in [0.2, 0.25) is 0 Å². The molecule has 2 amide bonds. The van der Waals surface area contributed by atoms with Gasteiger partial charge >= 0.3 is 0 Å². The summed E-state index contributed by atoms with van der Waals surface area (Å²) in [5.74, 6) is 0.432. The van der Waals surface area contributed by atoms with Crippen LogP contribution in [0.1, 0.15) is 38.7 Å². The van der Waals surface area contributed by atoms with Gasteiger partial charge in [-0.3, -0.25) is 13.9 Å². The Bertz CT molecular complexity index is 1360. The molecular weight excluding hydrogens is 542 g/mol. The average Bonchev–Trinajstić information content (AvgIpc) is 3.00. The molecule has 0 saturated carbocycles. The second-order valence-corrected chi connectivity index (χ2v) is 11.3. The number of carbonyl (C=O) groups excluding carboxylic acids is 2. The van der Waals surface area contributed by atoms with E-state index in [0.29, 0.717) is 30.2 Å². The van der Waals surface area contributed by atoms with Gasteiger partial charge in [0, 0.05) is 13.1 Å². The van der Waals surface area contributed by atoms with Crippen molar-refractivity contribution in [2.24, 2.45) is 0 Å². The van der Waals surface area contributed by atoms with Crippen molar-refractivity contribution < 1.29 is 27.5 Å². The van der Waals surface area contributed by atoms with Gasteiger partial charge in [0.05, 0.1) is 24.8 Å². The minimum atomic E-state index is -4.13. The number of anilines is 1. The zero-order valence-corrected chi connectivity index (χ0v) is 24.9. The van der Waals surface area contributed by atoms with Gasteiger partial charge in [-0.2, -0.15) is 0 Å². The van der Waals surface area contributed by atoms with Gasteiger partial charge in [-0.25, -0.2) is 8.42 Å². The molecule has 0 unspecified atom stereocenters. The van der Waals surface area contributed by atoms with Crippen LogP contribution < -0.4 is 19.1 Å². The van der Waals surface area contributed by atoms with E-state index >= 15 is 0 Å². The Morgan fingerprint density at radius 1 is 0.854 bits per heavy atom. The van der Waals surface area contributed by atoms with E-state index in [9.17, 15) is 18.0 Å². The molecule has 0 spiro atoms. The normalized spacial score (nSPS) is 11.8. The summed E-state index contributed by atoms with van der Waals surface area (Å²) in [5.41, 5.74) is 1.08. The van der Waals surface area contributed by atoms with Gasteiger partial charge in [-0.05, 0) is 66.9 Å². The monoisotopic (exact) mass is 581 g/mol. The third-order valence-electron chi connectivity index (χ3n) is 6.70. The van der Waals surface area contributed by atoms with Crippen LogP contribution in [0.15, 0.2) is 83.8 Å². The molecule has 0 bridgehead atoms. The van der Waals surface area contributed by atoms with Crippen molar-refractivity contribution in [2.75, 3.05) is 31.6 Å². The summed E-state index contributed by atoms with van der Waals surface area (Å²) in [6, 6.07) is 20.8. The van der Waals surface area contributed by atoms with E-state index in [2.05, 4.69) is 5.32 Å². The summed E-state index contributed by atoms with van der Waals surface area (Å²) < 4.78 is 39.3. The fraction of sp³-hybridized carbons (Fsp3) is 0.355. The van der Waals surface area contributed by atoms with Crippen LogP contribution in [-0.4, -0.2) is 58.5 Å². The van der Waals surface area contributed by atoms with Crippen LogP contribution in [-0.2, 0) is 26.2 Å². The molecule has 3 aromatic rings. The second kappa shape index (κ2) is 15.1. The van der Waals surface area contributed by atoms with Gasteiger partial charge in [-0.1, -0.05) is 50.6 Å². The number of benzene rings is 3. The molecule has 0 radical (unpaired) electrons. The van der Waals surface area contributed by atoms with Crippen molar-refractivity contribution in [1.82, 2.24) is 10.2 Å². The van der Waals surface area contributed by atoms with Crippen LogP contribution in [0.3, 0.4) is 0 Å². The lowest BCUT2D eigenvalue weighted by atomic mass is 10.1. The molecule has 41 heavy (non-hydrogen) atoms. The van der Waals surface area contributed by atoms with Crippen LogP contribution in [0.4, 0.5) is 5.69 Å². The Kier molecular flexibility index (Phi) is 11.6. The first-order valence-electron chi connectivity index (χ1n) is 13.7. The fourth-order valence-electron chi connectivity index (χ4n) is 4.35. The number of hydrogen-bond donors (Lipinski definition) is 1. The molecule has 0 aliphatic heterocycles. The molecule has 9 nitrogen and oxygen atoms in total. The summed E-state index contributed by atoms with van der Waals surface area (Å²) in [4.78, 5) is 28.8. The van der Waals surface area contributed by atoms with E-state index in [1.165, 1.54) is 24.1 Å². The summed E-state index contributed by atoms with van der Waals surface area (Å²) in [6.07, 6.45) is 2.09.